The van der Waals surface area contributed by atoms with Crippen molar-refractivity contribution in [1.29, 1.82) is 0 Å². The standard InChI is InChI=1S/C21H24N6O2/c1-5-8-26-12(2)9-15-10-16(6-7-17(15)26)23-19(28)11-18-24-21-22-14(4)13(3)20(29)27(21)25-18/h6-7,9-10H,5,8,11H2,1-4H3,(H,23,28)(H,22,24,25). The van der Waals surface area contributed by atoms with E-state index in [-0.39, 0.29) is 23.7 Å². The van der Waals surface area contributed by atoms with Crippen LogP contribution in [0.5, 0.6) is 0 Å². The Kier molecular flexibility index (Phi) is 4.70. The van der Waals surface area contributed by atoms with Crippen LogP contribution in [0.25, 0.3) is 16.7 Å². The molecule has 0 aliphatic rings. The molecule has 0 aliphatic heterocycles. The SMILES string of the molecule is CCCn1c(C)cc2cc(NC(=O)Cc3nc4nc(C)c(C)c(=O)n4[nH]3)ccc21. The van der Waals surface area contributed by atoms with Crippen LogP contribution in [0.3, 0.4) is 0 Å². The number of nitrogens with zero attached hydrogens (tertiary/aromatic N) is 4. The second-order valence-electron chi connectivity index (χ2n) is 7.37. The van der Waals surface area contributed by atoms with Gasteiger partial charge in [0.2, 0.25) is 5.91 Å². The monoisotopic (exact) mass is 392 g/mol. The number of aryl methyl sites for hydroxylation is 3. The highest BCUT2D eigenvalue weighted by atomic mass is 16.1. The van der Waals surface area contributed by atoms with Crippen LogP contribution in [0, 0.1) is 20.8 Å². The van der Waals surface area contributed by atoms with Gasteiger partial charge in [-0.3, -0.25) is 14.7 Å². The Morgan fingerprint density at radius 2 is 1.97 bits per heavy atom. The highest BCUT2D eigenvalue weighted by molar-refractivity contribution is 5.95. The average molecular weight is 392 g/mol. The molecule has 2 N–H and O–H groups in total. The molecular weight excluding hydrogens is 368 g/mol. The van der Waals surface area contributed by atoms with Crippen molar-refractivity contribution < 1.29 is 4.79 Å². The van der Waals surface area contributed by atoms with Crippen LogP contribution in [-0.2, 0) is 17.8 Å². The van der Waals surface area contributed by atoms with Gasteiger partial charge in [0.05, 0.1) is 6.42 Å². The van der Waals surface area contributed by atoms with Gasteiger partial charge in [0.15, 0.2) is 0 Å². The van der Waals surface area contributed by atoms with Crippen molar-refractivity contribution in [2.75, 3.05) is 5.32 Å². The maximum atomic E-state index is 12.5. The van der Waals surface area contributed by atoms with E-state index in [1.54, 1.807) is 13.8 Å². The number of hydrogen-bond donors (Lipinski definition) is 2. The zero-order valence-electron chi connectivity index (χ0n) is 17.0. The molecule has 8 nitrogen and oxygen atoms in total. The number of carbonyl (C=O) groups is 1. The molecule has 0 fully saturated rings. The molecule has 0 spiro atoms. The van der Waals surface area contributed by atoms with Crippen LogP contribution in [0.2, 0.25) is 0 Å². The molecule has 1 aromatic carbocycles. The minimum Gasteiger partial charge on any atom is -0.345 e. The van der Waals surface area contributed by atoms with Crippen LogP contribution < -0.4 is 10.9 Å². The van der Waals surface area contributed by atoms with Gasteiger partial charge in [-0.25, -0.2) is 4.98 Å². The number of amides is 1. The summed E-state index contributed by atoms with van der Waals surface area (Å²) in [6, 6.07) is 8.04. The third-order valence-corrected chi connectivity index (χ3v) is 5.18. The summed E-state index contributed by atoms with van der Waals surface area (Å²) >= 11 is 0. The summed E-state index contributed by atoms with van der Waals surface area (Å²) in [6.45, 7) is 8.71. The molecule has 3 aromatic heterocycles. The van der Waals surface area contributed by atoms with Gasteiger partial charge in [-0.15, -0.1) is 0 Å². The molecule has 0 atom stereocenters. The fourth-order valence-electron chi connectivity index (χ4n) is 3.59. The first-order valence-electron chi connectivity index (χ1n) is 9.72. The lowest BCUT2D eigenvalue weighted by Gasteiger charge is -2.07. The molecule has 4 aromatic rings. The fraction of sp³-hybridized carbons (Fsp3) is 0.333. The number of rotatable bonds is 5. The summed E-state index contributed by atoms with van der Waals surface area (Å²) in [7, 11) is 0. The van der Waals surface area contributed by atoms with E-state index >= 15 is 0 Å². The van der Waals surface area contributed by atoms with Crippen molar-refractivity contribution in [3.05, 3.63) is 57.4 Å². The third kappa shape index (κ3) is 3.41. The van der Waals surface area contributed by atoms with Crippen LogP contribution in [0.15, 0.2) is 29.1 Å². The van der Waals surface area contributed by atoms with Gasteiger partial charge in [0.1, 0.15) is 5.82 Å². The molecule has 4 rings (SSSR count). The van der Waals surface area contributed by atoms with Crippen LogP contribution in [-0.4, -0.2) is 30.1 Å². The van der Waals surface area contributed by atoms with E-state index in [0.29, 0.717) is 17.1 Å². The number of fused-ring (bicyclic) bond motifs is 2. The molecule has 0 radical (unpaired) electrons. The van der Waals surface area contributed by atoms with E-state index in [0.717, 1.165) is 29.6 Å². The molecule has 0 saturated carbocycles. The Hall–Kier alpha value is -3.42. The van der Waals surface area contributed by atoms with Crippen molar-refractivity contribution in [2.24, 2.45) is 0 Å². The van der Waals surface area contributed by atoms with Gasteiger partial charge in [-0.1, -0.05) is 6.92 Å². The molecule has 29 heavy (non-hydrogen) atoms. The van der Waals surface area contributed by atoms with Crippen LogP contribution in [0.4, 0.5) is 5.69 Å². The van der Waals surface area contributed by atoms with E-state index in [2.05, 4.69) is 44.9 Å². The van der Waals surface area contributed by atoms with Gasteiger partial charge in [-0.2, -0.15) is 9.50 Å². The van der Waals surface area contributed by atoms with Crippen molar-refractivity contribution >= 4 is 28.3 Å². The highest BCUT2D eigenvalue weighted by Crippen LogP contribution is 2.23. The first kappa shape index (κ1) is 18.9. The second-order valence-corrected chi connectivity index (χ2v) is 7.37. The van der Waals surface area contributed by atoms with Crippen molar-refractivity contribution in [1.82, 2.24) is 24.1 Å². The smallest absolute Gasteiger partial charge is 0.277 e. The number of aromatic nitrogens is 5. The number of aromatic amines is 1. The zero-order chi connectivity index (χ0) is 20.7. The summed E-state index contributed by atoms with van der Waals surface area (Å²) in [6.07, 6.45) is 1.09. The van der Waals surface area contributed by atoms with E-state index < -0.39 is 0 Å². The van der Waals surface area contributed by atoms with Crippen molar-refractivity contribution in [3.8, 4) is 0 Å². The quantitative estimate of drug-likeness (QED) is 0.546. The molecule has 0 saturated heterocycles. The van der Waals surface area contributed by atoms with Crippen LogP contribution >= 0.6 is 0 Å². The summed E-state index contributed by atoms with van der Waals surface area (Å²) in [5.41, 5.74) is 4.09. The molecule has 1 amide bonds. The lowest BCUT2D eigenvalue weighted by atomic mass is 10.2. The third-order valence-electron chi connectivity index (χ3n) is 5.18. The van der Waals surface area contributed by atoms with Crippen LogP contribution in [0.1, 0.15) is 36.1 Å². The maximum Gasteiger partial charge on any atom is 0.277 e. The Morgan fingerprint density at radius 1 is 1.17 bits per heavy atom. The average Bonchev–Trinajstić information content (AvgIpc) is 3.20. The van der Waals surface area contributed by atoms with Gasteiger partial charge >= 0.3 is 0 Å². The van der Waals surface area contributed by atoms with Gasteiger partial charge in [0, 0.05) is 40.1 Å². The molecule has 150 valence electrons. The lowest BCUT2D eigenvalue weighted by Crippen LogP contribution is -2.20. The summed E-state index contributed by atoms with van der Waals surface area (Å²) < 4.78 is 3.56. The summed E-state index contributed by atoms with van der Waals surface area (Å²) in [5, 5.41) is 6.87. The number of carbonyl (C=O) groups excluding carboxylic acids is 1. The van der Waals surface area contributed by atoms with Gasteiger partial charge in [0.25, 0.3) is 11.3 Å². The fourth-order valence-corrected chi connectivity index (χ4v) is 3.59. The topological polar surface area (TPSA) is 97.1 Å². The Balaban J connectivity index is 1.55. The Bertz CT molecular complexity index is 1290. The molecule has 0 unspecified atom stereocenters. The Labute approximate surface area is 167 Å². The van der Waals surface area contributed by atoms with E-state index in [1.807, 2.05) is 18.2 Å². The first-order valence-corrected chi connectivity index (χ1v) is 9.72. The van der Waals surface area contributed by atoms with Gasteiger partial charge < -0.3 is 9.88 Å². The number of H-pyrrole nitrogens is 1. The minimum atomic E-state index is -0.213. The second kappa shape index (κ2) is 7.20. The summed E-state index contributed by atoms with van der Waals surface area (Å²) in [5.74, 6) is 0.452. The molecule has 0 aliphatic carbocycles. The number of anilines is 1. The lowest BCUT2D eigenvalue weighted by molar-refractivity contribution is -0.115. The molecular formula is C21H24N6O2. The largest absolute Gasteiger partial charge is 0.345 e. The molecule has 8 heteroatoms. The van der Waals surface area contributed by atoms with E-state index in [1.165, 1.54) is 10.2 Å². The molecule has 0 bridgehead atoms. The van der Waals surface area contributed by atoms with Crippen molar-refractivity contribution in [3.63, 3.8) is 0 Å². The Morgan fingerprint density at radius 3 is 2.72 bits per heavy atom. The van der Waals surface area contributed by atoms with Crippen molar-refractivity contribution in [2.45, 2.75) is 47.1 Å². The normalized spacial score (nSPS) is 11.4. The predicted molar refractivity (Wildman–Crippen MR) is 112 cm³/mol. The summed E-state index contributed by atoms with van der Waals surface area (Å²) in [4.78, 5) is 33.4. The first-order chi connectivity index (χ1) is 13.9. The molecule has 3 heterocycles. The number of nitrogens with one attached hydrogen (secondary N) is 2. The highest BCUT2D eigenvalue weighted by Gasteiger charge is 2.13. The predicted octanol–water partition coefficient (Wildman–Crippen LogP) is 2.89. The number of benzene rings is 1. The number of hydrogen-bond acceptors (Lipinski definition) is 4. The maximum absolute atomic E-state index is 12.5. The van der Waals surface area contributed by atoms with E-state index in [9.17, 15) is 9.59 Å². The van der Waals surface area contributed by atoms with Gasteiger partial charge in [-0.05, 0) is 51.5 Å². The van der Waals surface area contributed by atoms with E-state index in [4.69, 9.17) is 0 Å². The zero-order valence-corrected chi connectivity index (χ0v) is 17.0. The minimum absolute atomic E-state index is 0.0226.